The molecular weight excluding hydrogens is 172 g/mol. The molecule has 2 rings (SSSR count). The first-order valence-corrected chi connectivity index (χ1v) is 6.10. The molecule has 1 saturated carbocycles. The number of likely N-dealkylation sites (tertiary alicyclic amines) is 1. The van der Waals surface area contributed by atoms with Gasteiger partial charge in [-0.2, -0.15) is 0 Å². The summed E-state index contributed by atoms with van der Waals surface area (Å²) in [6.07, 6.45) is 4.25. The lowest BCUT2D eigenvalue weighted by Crippen LogP contribution is -2.51. The van der Waals surface area contributed by atoms with Crippen LogP contribution in [-0.2, 0) is 0 Å². The van der Waals surface area contributed by atoms with Gasteiger partial charge < -0.3 is 10.2 Å². The van der Waals surface area contributed by atoms with E-state index in [9.17, 15) is 0 Å². The molecule has 2 heteroatoms. The maximum atomic E-state index is 3.76. The zero-order valence-electron chi connectivity index (χ0n) is 9.79. The highest BCUT2D eigenvalue weighted by Gasteiger charge is 2.30. The van der Waals surface area contributed by atoms with E-state index >= 15 is 0 Å². The maximum absolute atomic E-state index is 3.76. The molecule has 14 heavy (non-hydrogen) atoms. The fourth-order valence-corrected chi connectivity index (χ4v) is 2.47. The van der Waals surface area contributed by atoms with E-state index in [-0.39, 0.29) is 0 Å². The molecule has 1 aliphatic heterocycles. The number of nitrogens with one attached hydrogen (secondary N) is 1. The van der Waals surface area contributed by atoms with Gasteiger partial charge in [-0.15, -0.1) is 0 Å². The Bertz CT molecular complexity index is 189. The molecule has 1 N–H and O–H groups in total. The smallest absolute Gasteiger partial charge is 0.0120 e. The molecule has 82 valence electrons. The molecule has 1 aliphatic carbocycles. The summed E-state index contributed by atoms with van der Waals surface area (Å²) in [6.45, 7) is 7.25. The minimum absolute atomic E-state index is 0.753. The summed E-state index contributed by atoms with van der Waals surface area (Å²) in [5.41, 5.74) is 0. The van der Waals surface area contributed by atoms with Gasteiger partial charge in [-0.25, -0.2) is 0 Å². The van der Waals surface area contributed by atoms with Gasteiger partial charge in [-0.1, -0.05) is 6.92 Å². The summed E-state index contributed by atoms with van der Waals surface area (Å²) in [7, 11) is 2.25. The van der Waals surface area contributed by atoms with Crippen molar-refractivity contribution in [2.45, 2.75) is 45.2 Å². The van der Waals surface area contributed by atoms with Gasteiger partial charge in [0.15, 0.2) is 0 Å². The van der Waals surface area contributed by atoms with Gasteiger partial charge in [0.1, 0.15) is 0 Å². The Morgan fingerprint density at radius 1 is 1.29 bits per heavy atom. The normalized spacial score (nSPS) is 40.1. The van der Waals surface area contributed by atoms with Gasteiger partial charge in [0, 0.05) is 18.6 Å². The van der Waals surface area contributed by atoms with Crippen LogP contribution in [-0.4, -0.2) is 37.1 Å². The predicted octanol–water partition coefficient (Wildman–Crippen LogP) is 1.71. The summed E-state index contributed by atoms with van der Waals surface area (Å²) in [6, 6.07) is 1.52. The van der Waals surface area contributed by atoms with Crippen molar-refractivity contribution >= 4 is 0 Å². The molecule has 0 radical (unpaired) electrons. The number of piperidine rings is 1. The molecule has 2 nitrogen and oxygen atoms in total. The fraction of sp³-hybridized carbons (Fsp3) is 1.00. The number of nitrogens with zero attached hydrogens (tertiary/aromatic N) is 1. The topological polar surface area (TPSA) is 15.3 Å². The monoisotopic (exact) mass is 196 g/mol. The van der Waals surface area contributed by atoms with E-state index < -0.39 is 0 Å². The highest BCUT2D eigenvalue weighted by molar-refractivity contribution is 4.87. The molecule has 3 atom stereocenters. The van der Waals surface area contributed by atoms with Gasteiger partial charge in [0.2, 0.25) is 0 Å². The van der Waals surface area contributed by atoms with Crippen LogP contribution in [0.15, 0.2) is 0 Å². The zero-order chi connectivity index (χ0) is 10.1. The maximum Gasteiger partial charge on any atom is 0.0120 e. The highest BCUT2D eigenvalue weighted by Crippen LogP contribution is 2.29. The summed E-state index contributed by atoms with van der Waals surface area (Å²) in [5.74, 6) is 1.83. The molecule has 0 aromatic heterocycles. The summed E-state index contributed by atoms with van der Waals surface area (Å²) >= 11 is 0. The average molecular weight is 196 g/mol. The third kappa shape index (κ3) is 2.48. The molecule has 0 aromatic rings. The van der Waals surface area contributed by atoms with Gasteiger partial charge in [0.25, 0.3) is 0 Å². The number of hydrogen-bond donors (Lipinski definition) is 1. The van der Waals surface area contributed by atoms with Crippen LogP contribution in [0.5, 0.6) is 0 Å². The Balaban J connectivity index is 1.78. The molecule has 1 heterocycles. The Kier molecular flexibility index (Phi) is 3.13. The third-order valence-corrected chi connectivity index (χ3v) is 3.98. The Hall–Kier alpha value is -0.0800. The van der Waals surface area contributed by atoms with Crippen LogP contribution in [0.3, 0.4) is 0 Å². The van der Waals surface area contributed by atoms with E-state index in [1.54, 1.807) is 0 Å². The molecule has 1 saturated heterocycles. The molecule has 0 bridgehead atoms. The van der Waals surface area contributed by atoms with E-state index in [4.69, 9.17) is 0 Å². The van der Waals surface area contributed by atoms with Crippen molar-refractivity contribution < 1.29 is 0 Å². The minimum Gasteiger partial charge on any atom is -0.313 e. The standard InChI is InChI=1S/C12H24N2/c1-9-8-14(3)10(2)6-12(9)13-7-11-4-5-11/h9-13H,4-8H2,1-3H3/t9-,10+,12-/m1/s1. The van der Waals surface area contributed by atoms with Crippen molar-refractivity contribution in [1.29, 1.82) is 0 Å². The van der Waals surface area contributed by atoms with E-state index in [2.05, 4.69) is 31.1 Å². The summed E-state index contributed by atoms with van der Waals surface area (Å²) in [4.78, 5) is 2.49. The van der Waals surface area contributed by atoms with Crippen LogP contribution in [0.1, 0.15) is 33.1 Å². The molecule has 0 aromatic carbocycles. The van der Waals surface area contributed by atoms with Crippen molar-refractivity contribution in [1.82, 2.24) is 10.2 Å². The molecular formula is C12H24N2. The predicted molar refractivity (Wildman–Crippen MR) is 60.4 cm³/mol. The Morgan fingerprint density at radius 2 is 2.00 bits per heavy atom. The van der Waals surface area contributed by atoms with Crippen LogP contribution >= 0.6 is 0 Å². The van der Waals surface area contributed by atoms with E-state index in [1.807, 2.05) is 0 Å². The van der Waals surface area contributed by atoms with Crippen LogP contribution in [0.25, 0.3) is 0 Å². The SMILES string of the molecule is C[C@@H]1CN(C)[C@@H](C)C[C@H]1NCC1CC1. The first-order valence-electron chi connectivity index (χ1n) is 6.10. The highest BCUT2D eigenvalue weighted by atomic mass is 15.2. The third-order valence-electron chi connectivity index (χ3n) is 3.98. The van der Waals surface area contributed by atoms with Crippen molar-refractivity contribution in [2.75, 3.05) is 20.1 Å². The van der Waals surface area contributed by atoms with Crippen LogP contribution in [0.4, 0.5) is 0 Å². The second-order valence-electron chi connectivity index (χ2n) is 5.46. The van der Waals surface area contributed by atoms with E-state index in [1.165, 1.54) is 32.4 Å². The second kappa shape index (κ2) is 4.19. The molecule has 0 unspecified atom stereocenters. The lowest BCUT2D eigenvalue weighted by Gasteiger charge is -2.40. The lowest BCUT2D eigenvalue weighted by molar-refractivity contribution is 0.121. The van der Waals surface area contributed by atoms with E-state index in [0.717, 1.165) is 23.9 Å². The second-order valence-corrected chi connectivity index (χ2v) is 5.46. The summed E-state index contributed by atoms with van der Waals surface area (Å²) < 4.78 is 0. The van der Waals surface area contributed by atoms with Gasteiger partial charge >= 0.3 is 0 Å². The van der Waals surface area contributed by atoms with Crippen LogP contribution in [0.2, 0.25) is 0 Å². The molecule has 2 fully saturated rings. The van der Waals surface area contributed by atoms with Gasteiger partial charge in [-0.05, 0) is 51.6 Å². The van der Waals surface area contributed by atoms with Crippen molar-refractivity contribution in [3.05, 3.63) is 0 Å². The van der Waals surface area contributed by atoms with Crippen LogP contribution in [0, 0.1) is 11.8 Å². The molecule has 0 amide bonds. The Morgan fingerprint density at radius 3 is 2.64 bits per heavy atom. The van der Waals surface area contributed by atoms with Crippen LogP contribution < -0.4 is 5.32 Å². The largest absolute Gasteiger partial charge is 0.313 e. The fourth-order valence-electron chi connectivity index (χ4n) is 2.47. The van der Waals surface area contributed by atoms with Crippen molar-refractivity contribution in [3.8, 4) is 0 Å². The van der Waals surface area contributed by atoms with Crippen molar-refractivity contribution in [2.24, 2.45) is 11.8 Å². The summed E-state index contributed by atoms with van der Waals surface area (Å²) in [5, 5.41) is 3.76. The first kappa shape index (κ1) is 10.4. The first-order chi connectivity index (χ1) is 6.66. The van der Waals surface area contributed by atoms with Gasteiger partial charge in [-0.3, -0.25) is 0 Å². The molecule has 2 aliphatic rings. The zero-order valence-corrected chi connectivity index (χ0v) is 9.79. The van der Waals surface area contributed by atoms with Gasteiger partial charge in [0.05, 0.1) is 0 Å². The van der Waals surface area contributed by atoms with E-state index in [0.29, 0.717) is 0 Å². The Labute approximate surface area is 88.1 Å². The number of rotatable bonds is 3. The minimum atomic E-state index is 0.753. The molecule has 0 spiro atoms. The quantitative estimate of drug-likeness (QED) is 0.739. The van der Waals surface area contributed by atoms with Crippen molar-refractivity contribution in [3.63, 3.8) is 0 Å². The number of hydrogen-bond acceptors (Lipinski definition) is 2. The average Bonchev–Trinajstić information content (AvgIpc) is 2.92. The lowest BCUT2D eigenvalue weighted by atomic mass is 9.90.